The van der Waals surface area contributed by atoms with E-state index in [0.29, 0.717) is 17.1 Å². The molecule has 0 bridgehead atoms. The highest BCUT2D eigenvalue weighted by Crippen LogP contribution is 2.41. The minimum Gasteiger partial charge on any atom is -0.381 e. The SMILES string of the molecule is C=CC(=O)Nc1cc(C)cc(-c2ccc3c(ccc4sc5c(c43)NC[C@@H](C)NC5=O)n2)c1. The van der Waals surface area contributed by atoms with Crippen molar-refractivity contribution in [2.24, 2.45) is 0 Å². The van der Waals surface area contributed by atoms with Crippen LogP contribution in [0.25, 0.3) is 32.2 Å². The van der Waals surface area contributed by atoms with Gasteiger partial charge in [0.25, 0.3) is 5.91 Å². The summed E-state index contributed by atoms with van der Waals surface area (Å²) in [5, 5.41) is 11.3. The highest BCUT2D eigenvalue weighted by molar-refractivity contribution is 7.21. The minimum absolute atomic E-state index is 0.0368. The molecule has 32 heavy (non-hydrogen) atoms. The molecular weight excluding hydrogens is 420 g/mol. The van der Waals surface area contributed by atoms with E-state index in [0.717, 1.165) is 43.5 Å². The van der Waals surface area contributed by atoms with Crippen LogP contribution in [0.15, 0.2) is 55.1 Å². The van der Waals surface area contributed by atoms with Crippen molar-refractivity contribution >= 4 is 55.5 Å². The maximum Gasteiger partial charge on any atom is 0.263 e. The number of nitrogens with zero attached hydrogens (tertiary/aromatic N) is 1. The molecule has 1 aliphatic heterocycles. The third kappa shape index (κ3) is 3.50. The Morgan fingerprint density at radius 3 is 2.91 bits per heavy atom. The van der Waals surface area contributed by atoms with Crippen LogP contribution in [0, 0.1) is 6.92 Å². The van der Waals surface area contributed by atoms with Crippen LogP contribution in [0.1, 0.15) is 22.2 Å². The van der Waals surface area contributed by atoms with Crippen molar-refractivity contribution in [2.75, 3.05) is 17.2 Å². The van der Waals surface area contributed by atoms with Gasteiger partial charge in [-0.3, -0.25) is 9.59 Å². The van der Waals surface area contributed by atoms with E-state index >= 15 is 0 Å². The van der Waals surface area contributed by atoms with Crippen molar-refractivity contribution in [2.45, 2.75) is 19.9 Å². The van der Waals surface area contributed by atoms with Gasteiger partial charge in [0.15, 0.2) is 0 Å². The Bertz CT molecular complexity index is 1420. The van der Waals surface area contributed by atoms with Crippen LogP contribution < -0.4 is 16.0 Å². The van der Waals surface area contributed by atoms with Crippen molar-refractivity contribution in [3.05, 3.63) is 65.6 Å². The van der Waals surface area contributed by atoms with Crippen LogP contribution in [0.3, 0.4) is 0 Å². The van der Waals surface area contributed by atoms with Crippen LogP contribution in [0.4, 0.5) is 11.4 Å². The average molecular weight is 443 g/mol. The Kier molecular flexibility index (Phi) is 4.90. The second-order valence-electron chi connectivity index (χ2n) is 8.04. The van der Waals surface area contributed by atoms with Gasteiger partial charge >= 0.3 is 0 Å². The molecule has 5 rings (SSSR count). The third-order valence-corrected chi connectivity index (χ3v) is 6.67. The van der Waals surface area contributed by atoms with Crippen molar-refractivity contribution in [3.8, 4) is 11.3 Å². The number of pyridine rings is 1. The molecule has 6 nitrogen and oxygen atoms in total. The molecule has 2 amide bonds. The van der Waals surface area contributed by atoms with Gasteiger partial charge in [0.2, 0.25) is 5.91 Å². The smallest absolute Gasteiger partial charge is 0.263 e. The zero-order chi connectivity index (χ0) is 22.4. The predicted molar refractivity (Wildman–Crippen MR) is 132 cm³/mol. The molecule has 0 aliphatic carbocycles. The fourth-order valence-electron chi connectivity index (χ4n) is 4.08. The Morgan fingerprint density at radius 1 is 1.25 bits per heavy atom. The van der Waals surface area contributed by atoms with Gasteiger partial charge in [-0.1, -0.05) is 6.58 Å². The monoisotopic (exact) mass is 442 g/mol. The number of benzene rings is 2. The molecule has 4 aromatic rings. The van der Waals surface area contributed by atoms with Gasteiger partial charge < -0.3 is 16.0 Å². The molecule has 0 unspecified atom stereocenters. The standard InChI is InChI=1S/C25H22N4O2S/c1-4-21(30)28-16-10-13(2)9-15(11-16)18-6-5-17-19(29-18)7-8-20-22(17)23-24(32-20)25(31)27-14(3)12-26-23/h4-11,14,26H,1,12H2,2-3H3,(H,27,31)(H,28,30)/t14-/m1/s1. The molecule has 1 atom stereocenters. The number of fused-ring (bicyclic) bond motifs is 5. The van der Waals surface area contributed by atoms with Gasteiger partial charge in [0.05, 0.1) is 16.9 Å². The first-order valence-electron chi connectivity index (χ1n) is 10.4. The van der Waals surface area contributed by atoms with E-state index in [9.17, 15) is 9.59 Å². The second-order valence-corrected chi connectivity index (χ2v) is 9.10. The summed E-state index contributed by atoms with van der Waals surface area (Å²) >= 11 is 1.50. The zero-order valence-electron chi connectivity index (χ0n) is 17.8. The summed E-state index contributed by atoms with van der Waals surface area (Å²) < 4.78 is 1.05. The van der Waals surface area contributed by atoms with E-state index in [1.54, 1.807) is 0 Å². The molecule has 7 heteroatoms. The first-order chi connectivity index (χ1) is 15.4. The largest absolute Gasteiger partial charge is 0.381 e. The molecule has 0 radical (unpaired) electrons. The number of nitrogens with one attached hydrogen (secondary N) is 3. The summed E-state index contributed by atoms with van der Waals surface area (Å²) in [6.07, 6.45) is 1.25. The molecule has 160 valence electrons. The first-order valence-corrected chi connectivity index (χ1v) is 11.2. The van der Waals surface area contributed by atoms with Gasteiger partial charge in [0.1, 0.15) is 4.88 Å². The maximum atomic E-state index is 12.6. The van der Waals surface area contributed by atoms with Crippen molar-refractivity contribution in [1.29, 1.82) is 0 Å². The number of carbonyl (C=O) groups is 2. The van der Waals surface area contributed by atoms with Crippen LogP contribution in [0.5, 0.6) is 0 Å². The van der Waals surface area contributed by atoms with Crippen molar-refractivity contribution in [1.82, 2.24) is 10.3 Å². The summed E-state index contributed by atoms with van der Waals surface area (Å²) in [5.74, 6) is -0.287. The topological polar surface area (TPSA) is 83.1 Å². The van der Waals surface area contributed by atoms with Gasteiger partial charge in [-0.05, 0) is 68.0 Å². The van der Waals surface area contributed by atoms with Crippen LogP contribution in [0.2, 0.25) is 0 Å². The van der Waals surface area contributed by atoms with E-state index in [1.807, 2.05) is 50.2 Å². The number of thiophene rings is 1. The Labute approximate surface area is 189 Å². The second kappa shape index (κ2) is 7.76. The Balaban J connectivity index is 1.63. The summed E-state index contributed by atoms with van der Waals surface area (Å²) in [6.45, 7) is 8.15. The van der Waals surface area contributed by atoms with Crippen LogP contribution in [-0.4, -0.2) is 29.4 Å². The third-order valence-electron chi connectivity index (χ3n) is 5.52. The maximum absolute atomic E-state index is 12.6. The fourth-order valence-corrected chi connectivity index (χ4v) is 5.18. The van der Waals surface area contributed by atoms with Gasteiger partial charge in [-0.2, -0.15) is 0 Å². The number of amides is 2. The van der Waals surface area contributed by atoms with E-state index in [2.05, 4.69) is 28.6 Å². The molecule has 0 fully saturated rings. The first kappa shape index (κ1) is 20.2. The predicted octanol–water partition coefficient (Wildman–Crippen LogP) is 5.09. The number of rotatable bonds is 3. The number of hydrogen-bond donors (Lipinski definition) is 3. The number of anilines is 2. The molecular formula is C25H22N4O2S. The van der Waals surface area contributed by atoms with Gasteiger partial charge in [-0.25, -0.2) is 4.98 Å². The normalized spacial score (nSPS) is 15.6. The molecule has 2 aromatic heterocycles. The highest BCUT2D eigenvalue weighted by Gasteiger charge is 2.24. The van der Waals surface area contributed by atoms with E-state index in [1.165, 1.54) is 17.4 Å². The summed E-state index contributed by atoms with van der Waals surface area (Å²) in [7, 11) is 0. The zero-order valence-corrected chi connectivity index (χ0v) is 18.6. The molecule has 1 aliphatic rings. The number of hydrogen-bond acceptors (Lipinski definition) is 5. The molecule has 0 saturated heterocycles. The Hall–Kier alpha value is -3.71. The highest BCUT2D eigenvalue weighted by atomic mass is 32.1. The lowest BCUT2D eigenvalue weighted by Gasteiger charge is -2.11. The Morgan fingerprint density at radius 2 is 2.09 bits per heavy atom. The minimum atomic E-state index is -0.251. The number of aromatic nitrogens is 1. The quantitative estimate of drug-likeness (QED) is 0.386. The fraction of sp³-hybridized carbons (Fsp3) is 0.160. The molecule has 3 N–H and O–H groups in total. The molecule has 0 saturated carbocycles. The lowest BCUT2D eigenvalue weighted by Crippen LogP contribution is -2.34. The average Bonchev–Trinajstić information content (AvgIpc) is 3.09. The number of aryl methyl sites for hydroxylation is 1. The van der Waals surface area contributed by atoms with E-state index in [-0.39, 0.29) is 17.9 Å². The molecule has 3 heterocycles. The van der Waals surface area contributed by atoms with Gasteiger partial charge in [-0.15, -0.1) is 11.3 Å². The van der Waals surface area contributed by atoms with Gasteiger partial charge in [0, 0.05) is 39.3 Å². The van der Waals surface area contributed by atoms with Crippen molar-refractivity contribution in [3.63, 3.8) is 0 Å². The summed E-state index contributed by atoms with van der Waals surface area (Å²) in [4.78, 5) is 30.0. The van der Waals surface area contributed by atoms with E-state index < -0.39 is 0 Å². The van der Waals surface area contributed by atoms with E-state index in [4.69, 9.17) is 4.98 Å². The summed E-state index contributed by atoms with van der Waals surface area (Å²) in [6, 6.07) is 14.0. The number of carbonyl (C=O) groups excluding carboxylic acids is 2. The molecule has 0 spiro atoms. The summed E-state index contributed by atoms with van der Waals surface area (Å²) in [5.41, 5.74) is 5.20. The lowest BCUT2D eigenvalue weighted by molar-refractivity contribution is -0.111. The van der Waals surface area contributed by atoms with Crippen LogP contribution >= 0.6 is 11.3 Å². The lowest BCUT2D eigenvalue weighted by atomic mass is 10.0. The van der Waals surface area contributed by atoms with Crippen molar-refractivity contribution < 1.29 is 9.59 Å². The van der Waals surface area contributed by atoms with Crippen LogP contribution in [-0.2, 0) is 4.79 Å². The molecule has 2 aromatic carbocycles.